The minimum atomic E-state index is -0.586. The van der Waals surface area contributed by atoms with Crippen LogP contribution >= 0.6 is 0 Å². The standard InChI is InChI=1S/C15H21N3O3/c1-9(2)14(17-11(4)20)15(21)18-13-7-5-12(6-8-13)16-10(3)19/h5-9,14H,1-4H3,(H,16,19)(H,17,20)(H,18,21)/t14-/m1/s1. The zero-order valence-corrected chi connectivity index (χ0v) is 12.7. The Morgan fingerprint density at radius 3 is 1.71 bits per heavy atom. The third kappa shape index (κ3) is 5.64. The first kappa shape index (κ1) is 16.7. The third-order valence-electron chi connectivity index (χ3n) is 2.78. The van der Waals surface area contributed by atoms with E-state index in [-0.39, 0.29) is 23.6 Å². The maximum absolute atomic E-state index is 12.2. The second-order valence-electron chi connectivity index (χ2n) is 5.17. The summed E-state index contributed by atoms with van der Waals surface area (Å²) in [5.41, 5.74) is 1.26. The highest BCUT2D eigenvalue weighted by Crippen LogP contribution is 2.14. The largest absolute Gasteiger partial charge is 0.344 e. The highest BCUT2D eigenvalue weighted by Gasteiger charge is 2.22. The van der Waals surface area contributed by atoms with Crippen molar-refractivity contribution in [3.05, 3.63) is 24.3 Å². The van der Waals surface area contributed by atoms with E-state index in [9.17, 15) is 14.4 Å². The molecule has 0 saturated heterocycles. The molecule has 1 rings (SSSR count). The zero-order chi connectivity index (χ0) is 16.0. The SMILES string of the molecule is CC(=O)Nc1ccc(NC(=O)[C@H](NC(C)=O)C(C)C)cc1. The Balaban J connectivity index is 2.72. The fourth-order valence-electron chi connectivity index (χ4n) is 1.81. The number of benzene rings is 1. The maximum Gasteiger partial charge on any atom is 0.247 e. The third-order valence-corrected chi connectivity index (χ3v) is 2.78. The van der Waals surface area contributed by atoms with Gasteiger partial charge in [0, 0.05) is 25.2 Å². The lowest BCUT2D eigenvalue weighted by atomic mass is 10.0. The van der Waals surface area contributed by atoms with Crippen LogP contribution in [0.1, 0.15) is 27.7 Å². The quantitative estimate of drug-likeness (QED) is 0.772. The lowest BCUT2D eigenvalue weighted by molar-refractivity contribution is -0.126. The van der Waals surface area contributed by atoms with Gasteiger partial charge in [0.2, 0.25) is 17.7 Å². The minimum Gasteiger partial charge on any atom is -0.344 e. The Labute approximate surface area is 124 Å². The van der Waals surface area contributed by atoms with E-state index in [1.807, 2.05) is 13.8 Å². The average Bonchev–Trinajstić information content (AvgIpc) is 2.37. The van der Waals surface area contributed by atoms with Crippen molar-refractivity contribution in [3.63, 3.8) is 0 Å². The van der Waals surface area contributed by atoms with Crippen LogP contribution in [0, 0.1) is 5.92 Å². The number of hydrogen-bond donors (Lipinski definition) is 3. The first-order valence-corrected chi connectivity index (χ1v) is 6.75. The molecule has 1 aromatic rings. The van der Waals surface area contributed by atoms with Crippen LogP contribution in [0.25, 0.3) is 0 Å². The van der Waals surface area contributed by atoms with E-state index in [4.69, 9.17) is 0 Å². The minimum absolute atomic E-state index is 0.0208. The highest BCUT2D eigenvalue weighted by molar-refractivity contribution is 5.97. The summed E-state index contributed by atoms with van der Waals surface area (Å²) < 4.78 is 0. The van der Waals surface area contributed by atoms with E-state index in [0.717, 1.165) is 0 Å². The fourth-order valence-corrected chi connectivity index (χ4v) is 1.81. The number of nitrogens with one attached hydrogen (secondary N) is 3. The summed E-state index contributed by atoms with van der Waals surface area (Å²) in [7, 11) is 0. The van der Waals surface area contributed by atoms with Gasteiger partial charge in [-0.2, -0.15) is 0 Å². The number of carbonyl (C=O) groups is 3. The maximum atomic E-state index is 12.2. The van der Waals surface area contributed by atoms with Crippen LogP contribution in [-0.2, 0) is 14.4 Å². The summed E-state index contributed by atoms with van der Waals surface area (Å²) in [4.78, 5) is 34.2. The number of rotatable bonds is 5. The lowest BCUT2D eigenvalue weighted by Crippen LogP contribution is -2.46. The molecule has 0 fully saturated rings. The molecule has 3 N–H and O–H groups in total. The van der Waals surface area contributed by atoms with Gasteiger partial charge < -0.3 is 16.0 Å². The van der Waals surface area contributed by atoms with Gasteiger partial charge in [0.05, 0.1) is 0 Å². The van der Waals surface area contributed by atoms with Crippen LogP contribution in [-0.4, -0.2) is 23.8 Å². The Bertz CT molecular complexity index is 523. The van der Waals surface area contributed by atoms with Gasteiger partial charge in [-0.1, -0.05) is 13.8 Å². The average molecular weight is 291 g/mol. The molecule has 0 radical (unpaired) electrons. The molecule has 0 saturated carbocycles. The van der Waals surface area contributed by atoms with Crippen molar-refractivity contribution in [2.24, 2.45) is 5.92 Å². The summed E-state index contributed by atoms with van der Waals surface area (Å²) in [5, 5.41) is 8.02. The fraction of sp³-hybridized carbons (Fsp3) is 0.400. The number of hydrogen-bond acceptors (Lipinski definition) is 3. The molecule has 3 amide bonds. The van der Waals surface area contributed by atoms with E-state index < -0.39 is 6.04 Å². The van der Waals surface area contributed by atoms with Crippen molar-refractivity contribution in [2.45, 2.75) is 33.7 Å². The predicted molar refractivity (Wildman–Crippen MR) is 81.8 cm³/mol. The van der Waals surface area contributed by atoms with Gasteiger partial charge in [-0.05, 0) is 30.2 Å². The topological polar surface area (TPSA) is 87.3 Å². The van der Waals surface area contributed by atoms with Crippen molar-refractivity contribution in [2.75, 3.05) is 10.6 Å². The first-order chi connectivity index (χ1) is 9.79. The van der Waals surface area contributed by atoms with Crippen LogP contribution in [0.15, 0.2) is 24.3 Å². The van der Waals surface area contributed by atoms with Crippen molar-refractivity contribution >= 4 is 29.1 Å². The Hall–Kier alpha value is -2.37. The molecule has 0 aliphatic rings. The Morgan fingerprint density at radius 1 is 0.857 bits per heavy atom. The monoisotopic (exact) mass is 291 g/mol. The van der Waals surface area contributed by atoms with Gasteiger partial charge in [0.15, 0.2) is 0 Å². The van der Waals surface area contributed by atoms with Crippen LogP contribution in [0.3, 0.4) is 0 Å². The van der Waals surface area contributed by atoms with E-state index in [1.54, 1.807) is 24.3 Å². The number of amides is 3. The molecule has 21 heavy (non-hydrogen) atoms. The second kappa shape index (κ2) is 7.42. The molecule has 0 bridgehead atoms. The van der Waals surface area contributed by atoms with Gasteiger partial charge in [-0.15, -0.1) is 0 Å². The molecule has 0 spiro atoms. The molecule has 0 aliphatic heterocycles. The normalized spacial score (nSPS) is 11.7. The summed E-state index contributed by atoms with van der Waals surface area (Å²) in [6.45, 7) is 6.53. The molecule has 114 valence electrons. The molecule has 6 heteroatoms. The van der Waals surface area contributed by atoms with Crippen molar-refractivity contribution in [3.8, 4) is 0 Å². The predicted octanol–water partition coefficient (Wildman–Crippen LogP) is 1.74. The van der Waals surface area contributed by atoms with Crippen LogP contribution in [0.5, 0.6) is 0 Å². The molecule has 0 unspecified atom stereocenters. The lowest BCUT2D eigenvalue weighted by Gasteiger charge is -2.21. The summed E-state index contributed by atoms with van der Waals surface area (Å²) >= 11 is 0. The van der Waals surface area contributed by atoms with Gasteiger partial charge in [0.25, 0.3) is 0 Å². The molecule has 0 heterocycles. The number of carbonyl (C=O) groups excluding carboxylic acids is 3. The Morgan fingerprint density at radius 2 is 1.33 bits per heavy atom. The zero-order valence-electron chi connectivity index (χ0n) is 12.7. The van der Waals surface area contributed by atoms with Gasteiger partial charge >= 0.3 is 0 Å². The highest BCUT2D eigenvalue weighted by atomic mass is 16.2. The van der Waals surface area contributed by atoms with Crippen molar-refractivity contribution < 1.29 is 14.4 Å². The number of anilines is 2. The molecule has 1 atom stereocenters. The van der Waals surface area contributed by atoms with Crippen molar-refractivity contribution in [1.82, 2.24) is 5.32 Å². The first-order valence-electron chi connectivity index (χ1n) is 6.75. The van der Waals surface area contributed by atoms with Gasteiger partial charge in [-0.3, -0.25) is 14.4 Å². The smallest absolute Gasteiger partial charge is 0.247 e. The van der Waals surface area contributed by atoms with Crippen LogP contribution in [0.4, 0.5) is 11.4 Å². The molecule has 6 nitrogen and oxygen atoms in total. The molecule has 0 aromatic heterocycles. The van der Waals surface area contributed by atoms with Gasteiger partial charge in [-0.25, -0.2) is 0 Å². The molecular weight excluding hydrogens is 270 g/mol. The van der Waals surface area contributed by atoms with E-state index in [0.29, 0.717) is 11.4 Å². The Kier molecular flexibility index (Phi) is 5.90. The van der Waals surface area contributed by atoms with Crippen molar-refractivity contribution in [1.29, 1.82) is 0 Å². The summed E-state index contributed by atoms with van der Waals surface area (Å²) in [6, 6.07) is 6.18. The van der Waals surface area contributed by atoms with Crippen LogP contribution in [0.2, 0.25) is 0 Å². The van der Waals surface area contributed by atoms with Gasteiger partial charge in [0.1, 0.15) is 6.04 Å². The molecule has 0 aliphatic carbocycles. The van der Waals surface area contributed by atoms with E-state index in [2.05, 4.69) is 16.0 Å². The molecular formula is C15H21N3O3. The van der Waals surface area contributed by atoms with E-state index >= 15 is 0 Å². The summed E-state index contributed by atoms with van der Waals surface area (Å²) in [6.07, 6.45) is 0. The summed E-state index contributed by atoms with van der Waals surface area (Å²) in [5.74, 6) is -0.692. The second-order valence-corrected chi connectivity index (χ2v) is 5.17. The van der Waals surface area contributed by atoms with E-state index in [1.165, 1.54) is 13.8 Å². The van der Waals surface area contributed by atoms with Crippen LogP contribution < -0.4 is 16.0 Å². The molecule has 1 aromatic carbocycles.